The number of aliphatic hydroxyl groups is 2. The molecule has 3 rings (SSSR count). The van der Waals surface area contributed by atoms with E-state index >= 15 is 0 Å². The summed E-state index contributed by atoms with van der Waals surface area (Å²) in [6, 6.07) is -0.178. The summed E-state index contributed by atoms with van der Waals surface area (Å²) in [7, 11) is 0. The number of hydrogen-bond acceptors (Lipinski definition) is 6. The van der Waals surface area contributed by atoms with Crippen LogP contribution in [0.1, 0.15) is 63.5 Å². The number of rotatable bonds is 6. The molecule has 1 fully saturated rings. The van der Waals surface area contributed by atoms with Crippen LogP contribution < -0.4 is 5.32 Å². The van der Waals surface area contributed by atoms with Crippen molar-refractivity contribution in [3.05, 3.63) is 17.7 Å². The van der Waals surface area contributed by atoms with Crippen LogP contribution in [0.25, 0.3) is 5.57 Å². The first kappa shape index (κ1) is 21.0. The van der Waals surface area contributed by atoms with Crippen LogP contribution in [0, 0.1) is 5.92 Å². The molecular weight excluding hydrogens is 373 g/mol. The third-order valence-electron chi connectivity index (χ3n) is 5.46. The monoisotopic (exact) mass is 400 g/mol. The Morgan fingerprint density at radius 2 is 1.93 bits per heavy atom. The summed E-state index contributed by atoms with van der Waals surface area (Å²) in [4.78, 5) is 13.1. The zero-order chi connectivity index (χ0) is 20.3. The van der Waals surface area contributed by atoms with Gasteiger partial charge in [0.2, 0.25) is 5.95 Å². The topological polar surface area (TPSA) is 91.2 Å². The molecule has 2 aliphatic carbocycles. The number of aryl methyl sites for hydroxylation is 1. The molecule has 0 aliphatic heterocycles. The molecule has 6 nitrogen and oxygen atoms in total. The lowest BCUT2D eigenvalue weighted by molar-refractivity contribution is -0.171. The van der Waals surface area contributed by atoms with Crippen LogP contribution in [0.5, 0.6) is 0 Å². The minimum atomic E-state index is -4.25. The Bertz CT molecular complexity index is 711. The number of allylic oxidation sites excluding steroid dienone is 1. The fourth-order valence-corrected chi connectivity index (χ4v) is 3.61. The van der Waals surface area contributed by atoms with Crippen molar-refractivity contribution in [2.45, 2.75) is 82.7 Å². The van der Waals surface area contributed by atoms with E-state index in [0.29, 0.717) is 25.1 Å². The maximum absolute atomic E-state index is 12.8. The highest BCUT2D eigenvalue weighted by atomic mass is 19.4. The van der Waals surface area contributed by atoms with Gasteiger partial charge in [0, 0.05) is 6.42 Å². The quantitative estimate of drug-likeness (QED) is 0.679. The lowest BCUT2D eigenvalue weighted by Gasteiger charge is -2.20. The van der Waals surface area contributed by atoms with Crippen LogP contribution >= 0.6 is 0 Å². The van der Waals surface area contributed by atoms with E-state index in [2.05, 4.69) is 20.3 Å². The van der Waals surface area contributed by atoms with Crippen LogP contribution in [-0.2, 0) is 6.42 Å². The Morgan fingerprint density at radius 1 is 1.14 bits per heavy atom. The molecule has 0 saturated heterocycles. The maximum atomic E-state index is 12.8. The highest BCUT2D eigenvalue weighted by Crippen LogP contribution is 2.30. The number of alkyl halides is 3. The predicted molar refractivity (Wildman–Crippen MR) is 98.5 cm³/mol. The summed E-state index contributed by atoms with van der Waals surface area (Å²) in [5.74, 6) is -0.501. The van der Waals surface area contributed by atoms with Gasteiger partial charge in [0.05, 0.1) is 24.2 Å². The van der Waals surface area contributed by atoms with Crippen molar-refractivity contribution in [3.8, 4) is 0 Å². The van der Waals surface area contributed by atoms with E-state index in [1.165, 1.54) is 0 Å². The van der Waals surface area contributed by atoms with Crippen molar-refractivity contribution in [1.29, 1.82) is 0 Å². The van der Waals surface area contributed by atoms with E-state index in [4.69, 9.17) is 0 Å². The van der Waals surface area contributed by atoms with Crippen LogP contribution in [0.2, 0.25) is 0 Å². The van der Waals surface area contributed by atoms with Gasteiger partial charge in [-0.1, -0.05) is 6.92 Å². The predicted octanol–water partition coefficient (Wildman–Crippen LogP) is 3.26. The van der Waals surface area contributed by atoms with Crippen molar-refractivity contribution in [2.75, 3.05) is 5.32 Å². The first-order valence-electron chi connectivity index (χ1n) is 9.88. The molecule has 0 bridgehead atoms. The van der Waals surface area contributed by atoms with Crippen LogP contribution in [0.4, 0.5) is 19.1 Å². The van der Waals surface area contributed by atoms with E-state index < -0.39 is 24.3 Å². The standard InChI is InChI=1S/C19H27F3N4O2/c1-11(19(20,21)22)8-9-16-24-17(12-4-2-5-13(27)10-12)26-18(25-16)23-14-6-3-7-15(14)28/h10-11,13-15,27-28H,2-9H2,1H3,(H,23,24,25,26)/t11-,13?,14+,15-/m0/s1. The Labute approximate surface area is 162 Å². The van der Waals surface area contributed by atoms with Gasteiger partial charge in [-0.2, -0.15) is 23.1 Å². The molecule has 1 saturated carbocycles. The molecule has 2 aliphatic rings. The molecule has 156 valence electrons. The number of aromatic nitrogens is 3. The largest absolute Gasteiger partial charge is 0.391 e. The number of nitrogens with one attached hydrogen (secondary N) is 1. The number of hydrogen-bond donors (Lipinski definition) is 3. The smallest absolute Gasteiger partial charge is 0.391 e. The van der Waals surface area contributed by atoms with Gasteiger partial charge in [-0.05, 0) is 56.6 Å². The van der Waals surface area contributed by atoms with E-state index in [0.717, 1.165) is 31.8 Å². The third kappa shape index (κ3) is 5.41. The van der Waals surface area contributed by atoms with E-state index in [9.17, 15) is 23.4 Å². The van der Waals surface area contributed by atoms with Crippen LogP contribution in [-0.4, -0.2) is 49.6 Å². The number of halogens is 3. The van der Waals surface area contributed by atoms with Crippen LogP contribution in [0.3, 0.4) is 0 Å². The van der Waals surface area contributed by atoms with Gasteiger partial charge in [-0.15, -0.1) is 0 Å². The van der Waals surface area contributed by atoms with Gasteiger partial charge in [0.25, 0.3) is 0 Å². The Hall–Kier alpha value is -1.74. The Balaban J connectivity index is 1.83. The highest BCUT2D eigenvalue weighted by Gasteiger charge is 2.35. The number of aliphatic hydroxyl groups excluding tert-OH is 2. The summed E-state index contributed by atoms with van der Waals surface area (Å²) in [6.45, 7) is 1.15. The summed E-state index contributed by atoms with van der Waals surface area (Å²) in [5.41, 5.74) is 0.779. The van der Waals surface area contributed by atoms with E-state index in [1.807, 2.05) is 0 Å². The molecule has 0 radical (unpaired) electrons. The highest BCUT2D eigenvalue weighted by molar-refractivity contribution is 5.62. The summed E-state index contributed by atoms with van der Waals surface area (Å²) in [5, 5.41) is 23.0. The molecule has 1 heterocycles. The average Bonchev–Trinajstić information content (AvgIpc) is 3.03. The number of anilines is 1. The second-order valence-corrected chi connectivity index (χ2v) is 7.78. The molecular formula is C19H27F3N4O2. The molecule has 0 spiro atoms. The minimum Gasteiger partial charge on any atom is -0.391 e. The lowest BCUT2D eigenvalue weighted by atomic mass is 9.97. The Morgan fingerprint density at radius 3 is 2.57 bits per heavy atom. The van der Waals surface area contributed by atoms with Gasteiger partial charge in [-0.25, -0.2) is 4.98 Å². The lowest BCUT2D eigenvalue weighted by Crippen LogP contribution is -2.29. The SMILES string of the molecule is C[C@@H](CCc1nc(N[C@@H]2CCC[C@@H]2O)nc(C2=CC(O)CCC2)n1)C(F)(F)F. The average molecular weight is 400 g/mol. The fourth-order valence-electron chi connectivity index (χ4n) is 3.61. The molecule has 3 N–H and O–H groups in total. The molecule has 0 amide bonds. The molecule has 9 heteroatoms. The van der Waals surface area contributed by atoms with Crippen LogP contribution in [0.15, 0.2) is 6.08 Å². The molecule has 1 unspecified atom stereocenters. The van der Waals surface area contributed by atoms with Crippen molar-refractivity contribution in [2.24, 2.45) is 5.92 Å². The third-order valence-corrected chi connectivity index (χ3v) is 5.46. The minimum absolute atomic E-state index is 0.0773. The normalized spacial score (nSPS) is 26.8. The first-order valence-corrected chi connectivity index (χ1v) is 9.88. The van der Waals surface area contributed by atoms with E-state index in [1.54, 1.807) is 6.08 Å². The summed E-state index contributed by atoms with van der Waals surface area (Å²) >= 11 is 0. The van der Waals surface area contributed by atoms with Gasteiger partial charge in [-0.3, -0.25) is 0 Å². The second-order valence-electron chi connectivity index (χ2n) is 7.78. The van der Waals surface area contributed by atoms with Crippen molar-refractivity contribution >= 4 is 11.5 Å². The van der Waals surface area contributed by atoms with Crippen molar-refractivity contribution in [1.82, 2.24) is 15.0 Å². The van der Waals surface area contributed by atoms with E-state index in [-0.39, 0.29) is 30.7 Å². The zero-order valence-electron chi connectivity index (χ0n) is 15.9. The molecule has 1 aromatic rings. The Kier molecular flexibility index (Phi) is 6.54. The number of nitrogens with zero attached hydrogens (tertiary/aromatic N) is 3. The zero-order valence-corrected chi connectivity index (χ0v) is 15.9. The summed E-state index contributed by atoms with van der Waals surface area (Å²) in [6.07, 6.45) is 0.895. The molecule has 28 heavy (non-hydrogen) atoms. The molecule has 1 aromatic heterocycles. The van der Waals surface area contributed by atoms with Gasteiger partial charge < -0.3 is 15.5 Å². The van der Waals surface area contributed by atoms with Gasteiger partial charge in [0.15, 0.2) is 5.82 Å². The fraction of sp³-hybridized carbons (Fsp3) is 0.737. The first-order chi connectivity index (χ1) is 13.2. The molecule has 0 aromatic carbocycles. The van der Waals surface area contributed by atoms with Crippen molar-refractivity contribution in [3.63, 3.8) is 0 Å². The maximum Gasteiger partial charge on any atom is 0.391 e. The van der Waals surface area contributed by atoms with Gasteiger partial charge in [0.1, 0.15) is 5.82 Å². The summed E-state index contributed by atoms with van der Waals surface area (Å²) < 4.78 is 38.5. The van der Waals surface area contributed by atoms with Gasteiger partial charge >= 0.3 is 6.18 Å². The second kappa shape index (κ2) is 8.73. The molecule has 4 atom stereocenters. The van der Waals surface area contributed by atoms with Crippen molar-refractivity contribution < 1.29 is 23.4 Å².